The van der Waals surface area contributed by atoms with Crippen molar-refractivity contribution in [3.8, 4) is 0 Å². The molecule has 0 radical (unpaired) electrons. The predicted octanol–water partition coefficient (Wildman–Crippen LogP) is 0.189. The topological polar surface area (TPSA) is 69.6 Å². The maximum Gasteiger partial charge on any atom is 0.272 e. The summed E-state index contributed by atoms with van der Waals surface area (Å²) in [5.41, 5.74) is 1.02. The third kappa shape index (κ3) is 3.62. The van der Waals surface area contributed by atoms with Crippen molar-refractivity contribution in [1.82, 2.24) is 19.8 Å². The number of hydrogen-bond donors (Lipinski definition) is 1. The van der Waals surface area contributed by atoms with Crippen molar-refractivity contribution in [1.29, 1.82) is 0 Å². The summed E-state index contributed by atoms with van der Waals surface area (Å²) in [6.07, 6.45) is 0. The Bertz CT molecular complexity index is 441. The Morgan fingerprint density at radius 1 is 1.37 bits per heavy atom. The van der Waals surface area contributed by atoms with E-state index in [9.17, 15) is 4.79 Å². The molecular formula is C12H17ClN4O2. The lowest BCUT2D eigenvalue weighted by Crippen LogP contribution is -2.49. The molecule has 2 rings (SSSR count). The highest BCUT2D eigenvalue weighted by molar-refractivity contribution is 6.28. The van der Waals surface area contributed by atoms with E-state index in [4.69, 9.17) is 16.7 Å². The first kappa shape index (κ1) is 14.2. The Morgan fingerprint density at radius 2 is 2.05 bits per heavy atom. The van der Waals surface area contributed by atoms with Crippen LogP contribution in [0, 0.1) is 6.92 Å². The van der Waals surface area contributed by atoms with Gasteiger partial charge < -0.3 is 10.0 Å². The number of amides is 1. The number of β-amino-alcohol motifs (C(OH)–C–C–N with tert-alkyl or cyclic N) is 1. The third-order valence-corrected chi connectivity index (χ3v) is 3.29. The van der Waals surface area contributed by atoms with Crippen LogP contribution in [-0.2, 0) is 0 Å². The summed E-state index contributed by atoms with van der Waals surface area (Å²) in [5, 5.41) is 8.98. The fraction of sp³-hybridized carbons (Fsp3) is 0.583. The van der Waals surface area contributed by atoms with Crippen LogP contribution in [0.1, 0.15) is 16.2 Å². The molecule has 0 saturated carbocycles. The molecule has 0 aromatic carbocycles. The van der Waals surface area contributed by atoms with Crippen LogP contribution in [0.2, 0.25) is 5.28 Å². The van der Waals surface area contributed by atoms with Gasteiger partial charge in [-0.1, -0.05) is 0 Å². The molecule has 2 heterocycles. The monoisotopic (exact) mass is 284 g/mol. The van der Waals surface area contributed by atoms with Crippen LogP contribution in [0.3, 0.4) is 0 Å². The van der Waals surface area contributed by atoms with Crippen LogP contribution in [0.15, 0.2) is 6.07 Å². The van der Waals surface area contributed by atoms with Crippen LogP contribution in [0.4, 0.5) is 0 Å². The van der Waals surface area contributed by atoms with Crippen LogP contribution < -0.4 is 0 Å². The van der Waals surface area contributed by atoms with E-state index < -0.39 is 0 Å². The Kier molecular flexibility index (Phi) is 4.68. The largest absolute Gasteiger partial charge is 0.395 e. The van der Waals surface area contributed by atoms with Crippen LogP contribution in [0.25, 0.3) is 0 Å². The van der Waals surface area contributed by atoms with Gasteiger partial charge in [0, 0.05) is 38.4 Å². The number of hydrogen-bond acceptors (Lipinski definition) is 5. The average molecular weight is 285 g/mol. The van der Waals surface area contributed by atoms with E-state index in [1.54, 1.807) is 17.9 Å². The Morgan fingerprint density at radius 3 is 2.63 bits per heavy atom. The van der Waals surface area contributed by atoms with Gasteiger partial charge in [0.05, 0.1) is 6.61 Å². The van der Waals surface area contributed by atoms with Crippen LogP contribution >= 0.6 is 11.6 Å². The smallest absolute Gasteiger partial charge is 0.272 e. The molecule has 0 unspecified atom stereocenters. The maximum atomic E-state index is 12.3. The zero-order valence-electron chi connectivity index (χ0n) is 10.8. The second kappa shape index (κ2) is 6.27. The molecule has 1 aliphatic rings. The second-order valence-corrected chi connectivity index (χ2v) is 4.86. The Labute approximate surface area is 117 Å². The van der Waals surface area contributed by atoms with E-state index in [1.165, 1.54) is 0 Å². The van der Waals surface area contributed by atoms with E-state index in [-0.39, 0.29) is 17.8 Å². The van der Waals surface area contributed by atoms with Crippen molar-refractivity contribution >= 4 is 17.5 Å². The van der Waals surface area contributed by atoms with Crippen molar-refractivity contribution in [2.75, 3.05) is 39.3 Å². The Balaban J connectivity index is 2.01. The fourth-order valence-electron chi connectivity index (χ4n) is 2.12. The van der Waals surface area contributed by atoms with Crippen molar-refractivity contribution in [3.63, 3.8) is 0 Å². The number of aromatic nitrogens is 2. The molecule has 0 atom stereocenters. The van der Waals surface area contributed by atoms with Gasteiger partial charge in [-0.05, 0) is 24.6 Å². The first-order chi connectivity index (χ1) is 9.10. The SMILES string of the molecule is Cc1cc(C(=O)N2CCN(CCO)CC2)nc(Cl)n1. The lowest BCUT2D eigenvalue weighted by Gasteiger charge is -2.34. The molecule has 104 valence electrons. The molecule has 0 aliphatic carbocycles. The number of carbonyl (C=O) groups excluding carboxylic acids is 1. The molecule has 6 nitrogen and oxygen atoms in total. The van der Waals surface area contributed by atoms with Gasteiger partial charge in [0.25, 0.3) is 5.91 Å². The molecule has 0 spiro atoms. The summed E-state index contributed by atoms with van der Waals surface area (Å²) in [4.78, 5) is 24.1. The van der Waals surface area contributed by atoms with E-state index in [1.807, 2.05) is 0 Å². The van der Waals surface area contributed by atoms with Gasteiger partial charge in [-0.25, -0.2) is 9.97 Å². The number of nitrogens with zero attached hydrogens (tertiary/aromatic N) is 4. The van der Waals surface area contributed by atoms with Crippen molar-refractivity contribution in [2.45, 2.75) is 6.92 Å². The number of halogens is 1. The van der Waals surface area contributed by atoms with Gasteiger partial charge in [0.1, 0.15) is 5.69 Å². The number of aliphatic hydroxyl groups excluding tert-OH is 1. The summed E-state index contributed by atoms with van der Waals surface area (Å²) in [5.74, 6) is -0.115. The summed E-state index contributed by atoms with van der Waals surface area (Å²) in [6.45, 7) is 5.39. The van der Waals surface area contributed by atoms with E-state index in [2.05, 4.69) is 14.9 Å². The number of rotatable bonds is 3. The summed E-state index contributed by atoms with van der Waals surface area (Å²) in [7, 11) is 0. The molecule has 1 N–H and O–H groups in total. The molecule has 1 fully saturated rings. The second-order valence-electron chi connectivity index (χ2n) is 4.52. The molecule has 19 heavy (non-hydrogen) atoms. The highest BCUT2D eigenvalue weighted by Gasteiger charge is 2.23. The molecular weight excluding hydrogens is 268 g/mol. The van der Waals surface area contributed by atoms with Crippen LogP contribution in [-0.4, -0.2) is 70.1 Å². The molecule has 7 heteroatoms. The summed E-state index contributed by atoms with van der Waals surface area (Å²) < 4.78 is 0. The molecule has 1 aromatic heterocycles. The maximum absolute atomic E-state index is 12.3. The van der Waals surface area contributed by atoms with Gasteiger partial charge in [0.2, 0.25) is 5.28 Å². The zero-order valence-corrected chi connectivity index (χ0v) is 11.6. The lowest BCUT2D eigenvalue weighted by molar-refractivity contribution is 0.0609. The van der Waals surface area contributed by atoms with E-state index in [0.717, 1.165) is 13.1 Å². The van der Waals surface area contributed by atoms with Gasteiger partial charge in [-0.3, -0.25) is 9.69 Å². The third-order valence-electron chi connectivity index (χ3n) is 3.12. The number of aliphatic hydroxyl groups is 1. The minimum atomic E-state index is -0.115. The average Bonchev–Trinajstić information content (AvgIpc) is 2.38. The first-order valence-corrected chi connectivity index (χ1v) is 6.61. The number of carbonyl (C=O) groups is 1. The number of aryl methyl sites for hydroxylation is 1. The van der Waals surface area contributed by atoms with Gasteiger partial charge >= 0.3 is 0 Å². The minimum absolute atomic E-state index is 0.0993. The summed E-state index contributed by atoms with van der Waals surface area (Å²) >= 11 is 5.77. The quantitative estimate of drug-likeness (QED) is 0.803. The van der Waals surface area contributed by atoms with Gasteiger partial charge in [-0.15, -0.1) is 0 Å². The number of piperazine rings is 1. The zero-order chi connectivity index (χ0) is 13.8. The highest BCUT2D eigenvalue weighted by atomic mass is 35.5. The fourth-order valence-corrected chi connectivity index (χ4v) is 2.34. The minimum Gasteiger partial charge on any atom is -0.395 e. The summed E-state index contributed by atoms with van der Waals surface area (Å²) in [6, 6.07) is 1.65. The standard InChI is InChI=1S/C12H17ClN4O2/c1-9-8-10(15-12(13)14-9)11(19)17-4-2-16(3-5-17)6-7-18/h8,18H,2-7H2,1H3. The van der Waals surface area contributed by atoms with Gasteiger partial charge in [0.15, 0.2) is 0 Å². The van der Waals surface area contributed by atoms with Crippen molar-refractivity contribution in [3.05, 3.63) is 22.7 Å². The molecule has 1 aliphatic heterocycles. The highest BCUT2D eigenvalue weighted by Crippen LogP contribution is 2.10. The van der Waals surface area contributed by atoms with E-state index in [0.29, 0.717) is 31.0 Å². The van der Waals surface area contributed by atoms with Crippen LogP contribution in [0.5, 0.6) is 0 Å². The normalized spacial score (nSPS) is 16.7. The first-order valence-electron chi connectivity index (χ1n) is 6.24. The predicted molar refractivity (Wildman–Crippen MR) is 71.2 cm³/mol. The molecule has 1 aromatic rings. The molecule has 1 amide bonds. The molecule has 1 saturated heterocycles. The van der Waals surface area contributed by atoms with Gasteiger partial charge in [-0.2, -0.15) is 0 Å². The van der Waals surface area contributed by atoms with E-state index >= 15 is 0 Å². The van der Waals surface area contributed by atoms with Crippen molar-refractivity contribution in [2.24, 2.45) is 0 Å². The van der Waals surface area contributed by atoms with Crippen molar-refractivity contribution < 1.29 is 9.90 Å². The molecule has 0 bridgehead atoms. The Hall–Kier alpha value is -1.24. The lowest BCUT2D eigenvalue weighted by atomic mass is 10.2.